The van der Waals surface area contributed by atoms with Crippen molar-refractivity contribution < 1.29 is 14.4 Å². The van der Waals surface area contributed by atoms with Crippen molar-refractivity contribution in [3.05, 3.63) is 102 Å². The Hall–Kier alpha value is -3.40. The number of hydrogen-bond donors (Lipinski definition) is 0. The van der Waals surface area contributed by atoms with Crippen LogP contribution in [0.2, 0.25) is 0 Å². The van der Waals surface area contributed by atoms with E-state index in [4.69, 9.17) is 9.57 Å². The number of nitrogens with zero attached hydrogens (tertiary/aromatic N) is 1. The van der Waals surface area contributed by atoms with Crippen LogP contribution in [0.3, 0.4) is 0 Å². The maximum absolute atomic E-state index is 13.5. The highest BCUT2D eigenvalue weighted by Crippen LogP contribution is 2.46. The van der Waals surface area contributed by atoms with Crippen LogP contribution in [0.15, 0.2) is 96.2 Å². The minimum atomic E-state index is -1.15. The number of para-hydroxylation sites is 1. The molecule has 0 N–H and O–H groups in total. The highest BCUT2D eigenvalue weighted by atomic mass is 16.6. The Morgan fingerprint density at radius 2 is 1.44 bits per heavy atom. The third kappa shape index (κ3) is 2.89. The molecule has 0 fully saturated rings. The summed E-state index contributed by atoms with van der Waals surface area (Å²) < 4.78 is 5.78. The summed E-state index contributed by atoms with van der Waals surface area (Å²) >= 11 is 0. The number of carbonyl (C=O) groups excluding carboxylic acids is 1. The minimum Gasteiger partial charge on any atom is -0.425 e. The third-order valence-electron chi connectivity index (χ3n) is 4.87. The molecule has 0 aliphatic carbocycles. The van der Waals surface area contributed by atoms with Gasteiger partial charge in [-0.1, -0.05) is 84.0 Å². The SMILES string of the molecule is CC1=NOC(c2ccccc2)C1(C(=O)Oc1ccccc1)c1ccccc1. The molecular weight excluding hydrogens is 338 g/mol. The quantitative estimate of drug-likeness (QED) is 0.503. The summed E-state index contributed by atoms with van der Waals surface area (Å²) in [6, 6.07) is 28.3. The number of benzene rings is 3. The van der Waals surface area contributed by atoms with E-state index in [1.807, 2.05) is 85.8 Å². The van der Waals surface area contributed by atoms with Gasteiger partial charge in [-0.3, -0.25) is 4.79 Å². The zero-order chi connectivity index (χ0) is 18.7. The molecule has 134 valence electrons. The first-order valence-corrected chi connectivity index (χ1v) is 8.81. The number of carbonyl (C=O) groups is 1. The Bertz CT molecular complexity index is 955. The van der Waals surface area contributed by atoms with Crippen LogP contribution >= 0.6 is 0 Å². The fourth-order valence-electron chi connectivity index (χ4n) is 3.52. The van der Waals surface area contributed by atoms with Crippen molar-refractivity contribution in [1.29, 1.82) is 0 Å². The molecule has 3 aromatic rings. The maximum atomic E-state index is 13.5. The average molecular weight is 357 g/mol. The van der Waals surface area contributed by atoms with E-state index in [1.165, 1.54) is 0 Å². The minimum absolute atomic E-state index is 0.410. The molecule has 4 heteroatoms. The van der Waals surface area contributed by atoms with Crippen molar-refractivity contribution in [2.24, 2.45) is 5.16 Å². The van der Waals surface area contributed by atoms with E-state index in [0.29, 0.717) is 11.5 Å². The van der Waals surface area contributed by atoms with E-state index in [-0.39, 0.29) is 0 Å². The number of esters is 1. The molecule has 0 spiro atoms. The predicted octanol–water partition coefficient (Wildman–Crippen LogP) is 4.68. The Kier molecular flexibility index (Phi) is 4.47. The van der Waals surface area contributed by atoms with Crippen LogP contribution in [0.1, 0.15) is 24.2 Å². The molecule has 1 heterocycles. The van der Waals surface area contributed by atoms with Gasteiger partial charge in [0.1, 0.15) is 5.75 Å². The lowest BCUT2D eigenvalue weighted by Crippen LogP contribution is -2.47. The largest absolute Gasteiger partial charge is 0.425 e. The average Bonchev–Trinajstić information content (AvgIpc) is 3.08. The van der Waals surface area contributed by atoms with Crippen molar-refractivity contribution in [2.45, 2.75) is 18.4 Å². The lowest BCUT2D eigenvalue weighted by molar-refractivity contribution is -0.142. The van der Waals surface area contributed by atoms with Crippen LogP contribution in [-0.2, 0) is 15.0 Å². The van der Waals surface area contributed by atoms with Crippen molar-refractivity contribution in [1.82, 2.24) is 0 Å². The molecule has 0 radical (unpaired) electrons. The smallest absolute Gasteiger partial charge is 0.332 e. The number of hydrogen-bond acceptors (Lipinski definition) is 4. The Balaban J connectivity index is 1.85. The first-order valence-electron chi connectivity index (χ1n) is 8.81. The molecule has 0 bridgehead atoms. The monoisotopic (exact) mass is 357 g/mol. The molecule has 2 unspecified atom stereocenters. The molecule has 0 saturated carbocycles. The van der Waals surface area contributed by atoms with Crippen LogP contribution in [0.25, 0.3) is 0 Å². The van der Waals surface area contributed by atoms with Crippen LogP contribution in [0.5, 0.6) is 5.75 Å². The van der Waals surface area contributed by atoms with E-state index < -0.39 is 17.5 Å². The van der Waals surface area contributed by atoms with Gasteiger partial charge >= 0.3 is 5.97 Å². The molecular formula is C23H19NO3. The fraction of sp³-hybridized carbons (Fsp3) is 0.130. The second kappa shape index (κ2) is 7.08. The van der Waals surface area contributed by atoms with Crippen LogP contribution in [-0.4, -0.2) is 11.7 Å². The van der Waals surface area contributed by atoms with Crippen LogP contribution in [0.4, 0.5) is 0 Å². The number of oxime groups is 1. The fourth-order valence-corrected chi connectivity index (χ4v) is 3.52. The Morgan fingerprint density at radius 1 is 0.889 bits per heavy atom. The van der Waals surface area contributed by atoms with Gasteiger partial charge in [-0.15, -0.1) is 0 Å². The summed E-state index contributed by atoms with van der Waals surface area (Å²) in [5.41, 5.74) is 1.08. The van der Waals surface area contributed by atoms with Gasteiger partial charge in [-0.25, -0.2) is 0 Å². The molecule has 1 aliphatic rings. The van der Waals surface area contributed by atoms with Gasteiger partial charge in [0.15, 0.2) is 11.5 Å². The summed E-state index contributed by atoms with van der Waals surface area (Å²) in [6.45, 7) is 1.81. The van der Waals surface area contributed by atoms with Gasteiger partial charge in [-0.05, 0) is 30.2 Å². The first kappa shape index (κ1) is 17.0. The summed E-state index contributed by atoms with van der Waals surface area (Å²) in [5, 5.41) is 4.20. The van der Waals surface area contributed by atoms with Crippen LogP contribution in [0, 0.1) is 0 Å². The Morgan fingerprint density at radius 3 is 2.07 bits per heavy atom. The molecule has 1 aliphatic heterocycles. The molecule has 4 nitrogen and oxygen atoms in total. The van der Waals surface area contributed by atoms with Gasteiger partial charge in [0.25, 0.3) is 0 Å². The van der Waals surface area contributed by atoms with Crippen molar-refractivity contribution in [2.75, 3.05) is 0 Å². The zero-order valence-corrected chi connectivity index (χ0v) is 14.9. The summed E-state index contributed by atoms with van der Waals surface area (Å²) in [6.07, 6.45) is -0.600. The highest BCUT2D eigenvalue weighted by Gasteiger charge is 2.57. The molecule has 0 amide bonds. The molecule has 4 rings (SSSR count). The van der Waals surface area contributed by atoms with Gasteiger partial charge in [0.05, 0.1) is 5.71 Å². The summed E-state index contributed by atoms with van der Waals surface area (Å²) in [7, 11) is 0. The van der Waals surface area contributed by atoms with Gasteiger partial charge in [0.2, 0.25) is 0 Å². The van der Waals surface area contributed by atoms with Crippen molar-refractivity contribution >= 4 is 11.7 Å². The molecule has 3 aromatic carbocycles. The molecule has 2 atom stereocenters. The topological polar surface area (TPSA) is 47.9 Å². The van der Waals surface area contributed by atoms with E-state index in [1.54, 1.807) is 12.1 Å². The van der Waals surface area contributed by atoms with Crippen LogP contribution < -0.4 is 4.74 Å². The number of ether oxygens (including phenoxy) is 1. The summed E-state index contributed by atoms with van der Waals surface area (Å²) in [5.74, 6) is 0.0804. The van der Waals surface area contributed by atoms with Gasteiger partial charge in [-0.2, -0.15) is 0 Å². The van der Waals surface area contributed by atoms with Crippen molar-refractivity contribution in [3.63, 3.8) is 0 Å². The van der Waals surface area contributed by atoms with E-state index in [0.717, 1.165) is 11.1 Å². The first-order chi connectivity index (χ1) is 13.2. The van der Waals surface area contributed by atoms with Gasteiger partial charge < -0.3 is 9.57 Å². The summed E-state index contributed by atoms with van der Waals surface area (Å²) in [4.78, 5) is 19.3. The third-order valence-corrected chi connectivity index (χ3v) is 4.87. The zero-order valence-electron chi connectivity index (χ0n) is 14.9. The normalized spacial score (nSPS) is 21.2. The van der Waals surface area contributed by atoms with E-state index >= 15 is 0 Å². The molecule has 27 heavy (non-hydrogen) atoms. The maximum Gasteiger partial charge on any atom is 0.332 e. The lowest BCUT2D eigenvalue weighted by atomic mass is 9.70. The highest BCUT2D eigenvalue weighted by molar-refractivity contribution is 6.13. The molecule has 0 aromatic heterocycles. The second-order valence-corrected chi connectivity index (χ2v) is 6.45. The van der Waals surface area contributed by atoms with E-state index in [2.05, 4.69) is 5.16 Å². The predicted molar refractivity (Wildman–Crippen MR) is 104 cm³/mol. The lowest BCUT2D eigenvalue weighted by Gasteiger charge is -2.31. The molecule has 0 saturated heterocycles. The standard InChI is InChI=1S/C23H19NO3/c1-17-23(19-13-7-3-8-14-19,22(25)26-20-15-9-4-10-16-20)21(27-24-17)18-11-5-2-6-12-18/h2-16,21H,1H3. The van der Waals surface area contributed by atoms with Crippen molar-refractivity contribution in [3.8, 4) is 5.75 Å². The Labute approximate surface area is 158 Å². The van der Waals surface area contributed by atoms with E-state index in [9.17, 15) is 4.79 Å². The van der Waals surface area contributed by atoms with Gasteiger partial charge in [0, 0.05) is 0 Å². The second-order valence-electron chi connectivity index (χ2n) is 6.45. The number of rotatable bonds is 4.